The second-order valence-corrected chi connectivity index (χ2v) is 6.06. The number of aryl methyl sites for hydroxylation is 1. The number of carbonyl (C=O) groups excluding carboxylic acids is 2. The van der Waals surface area contributed by atoms with Gasteiger partial charge in [0, 0.05) is 17.1 Å². The molecule has 0 unspecified atom stereocenters. The Labute approximate surface area is 143 Å². The average Bonchev–Trinajstić information content (AvgIpc) is 3.08. The van der Waals surface area contributed by atoms with Gasteiger partial charge in [0.2, 0.25) is 0 Å². The molecule has 3 aromatic rings. The summed E-state index contributed by atoms with van der Waals surface area (Å²) in [6, 6.07) is 14.2. The van der Waals surface area contributed by atoms with E-state index in [4.69, 9.17) is 0 Å². The summed E-state index contributed by atoms with van der Waals surface area (Å²) in [7, 11) is 0. The second kappa shape index (κ2) is 7.06. The lowest BCUT2D eigenvalue weighted by atomic mass is 10.1. The van der Waals surface area contributed by atoms with Crippen LogP contribution >= 0.6 is 11.3 Å². The van der Waals surface area contributed by atoms with E-state index in [1.807, 2.05) is 19.1 Å². The van der Waals surface area contributed by atoms with E-state index in [0.29, 0.717) is 21.9 Å². The van der Waals surface area contributed by atoms with Gasteiger partial charge in [-0.3, -0.25) is 14.9 Å². The number of benzene rings is 2. The predicted octanol–water partition coefficient (Wildman–Crippen LogP) is 3.96. The second-order valence-electron chi connectivity index (χ2n) is 5.16. The molecule has 24 heavy (non-hydrogen) atoms. The Morgan fingerprint density at radius 1 is 1.00 bits per heavy atom. The van der Waals surface area contributed by atoms with E-state index in [0.717, 1.165) is 5.56 Å². The number of hydrogen-bond acceptors (Lipinski definition) is 4. The van der Waals surface area contributed by atoms with Crippen LogP contribution in [0, 0.1) is 6.92 Å². The van der Waals surface area contributed by atoms with Crippen molar-refractivity contribution in [1.82, 2.24) is 4.98 Å². The number of para-hydroxylation sites is 1. The van der Waals surface area contributed by atoms with Gasteiger partial charge in [0.1, 0.15) is 0 Å². The number of hydrogen-bond donors (Lipinski definition) is 2. The minimum absolute atomic E-state index is 0.256. The Kier molecular flexibility index (Phi) is 4.67. The fourth-order valence-corrected chi connectivity index (χ4v) is 2.74. The van der Waals surface area contributed by atoms with E-state index < -0.39 is 0 Å². The third kappa shape index (κ3) is 3.67. The highest BCUT2D eigenvalue weighted by Crippen LogP contribution is 2.19. The maximum atomic E-state index is 12.4. The molecule has 0 bridgehead atoms. The Hall–Kier alpha value is -2.99. The smallest absolute Gasteiger partial charge is 0.259 e. The molecular weight excluding hydrogens is 322 g/mol. The summed E-state index contributed by atoms with van der Waals surface area (Å²) in [5.41, 5.74) is 2.38. The van der Waals surface area contributed by atoms with E-state index in [1.165, 1.54) is 11.3 Å². The molecule has 2 N–H and O–H groups in total. The maximum Gasteiger partial charge on any atom is 0.259 e. The molecule has 3 rings (SSSR count). The molecular formula is C18H15N3O2S. The number of nitrogens with zero attached hydrogens (tertiary/aromatic N) is 1. The zero-order valence-corrected chi connectivity index (χ0v) is 13.8. The monoisotopic (exact) mass is 337 g/mol. The zero-order valence-electron chi connectivity index (χ0n) is 12.9. The van der Waals surface area contributed by atoms with Gasteiger partial charge in [-0.05, 0) is 31.2 Å². The Balaban J connectivity index is 1.81. The van der Waals surface area contributed by atoms with Crippen molar-refractivity contribution in [3.63, 3.8) is 0 Å². The molecule has 0 radical (unpaired) electrons. The van der Waals surface area contributed by atoms with Crippen LogP contribution in [0.15, 0.2) is 60.1 Å². The first kappa shape index (κ1) is 15.9. The molecule has 5 nitrogen and oxygen atoms in total. The van der Waals surface area contributed by atoms with Crippen LogP contribution in [-0.4, -0.2) is 16.8 Å². The first-order valence-electron chi connectivity index (χ1n) is 7.31. The molecule has 0 spiro atoms. The SMILES string of the molecule is Cc1cccc(C(=O)Nc2ccccc2C(=O)Nc2nccs2)c1. The van der Waals surface area contributed by atoms with Gasteiger partial charge in [-0.25, -0.2) is 4.98 Å². The van der Waals surface area contributed by atoms with Crippen LogP contribution in [-0.2, 0) is 0 Å². The lowest BCUT2D eigenvalue weighted by Crippen LogP contribution is -2.18. The van der Waals surface area contributed by atoms with Gasteiger partial charge in [0.15, 0.2) is 5.13 Å². The van der Waals surface area contributed by atoms with E-state index in [2.05, 4.69) is 15.6 Å². The number of thiazole rings is 1. The van der Waals surface area contributed by atoms with Crippen molar-refractivity contribution in [3.8, 4) is 0 Å². The standard InChI is InChI=1S/C18H15N3O2S/c1-12-5-4-6-13(11-12)16(22)20-15-8-3-2-7-14(15)17(23)21-18-19-9-10-24-18/h2-11H,1H3,(H,20,22)(H,19,21,23). The molecule has 0 fully saturated rings. The van der Waals surface area contributed by atoms with Crippen LogP contribution in [0.25, 0.3) is 0 Å². The Bertz CT molecular complexity index is 875. The van der Waals surface area contributed by atoms with Crippen LogP contribution in [0.4, 0.5) is 10.8 Å². The summed E-state index contributed by atoms with van der Waals surface area (Å²) < 4.78 is 0. The summed E-state index contributed by atoms with van der Waals surface area (Å²) in [6.45, 7) is 1.92. The van der Waals surface area contributed by atoms with Crippen molar-refractivity contribution in [1.29, 1.82) is 0 Å². The van der Waals surface area contributed by atoms with Gasteiger partial charge in [-0.1, -0.05) is 29.8 Å². The molecule has 2 amide bonds. The number of nitrogens with one attached hydrogen (secondary N) is 2. The molecule has 0 aliphatic heterocycles. The van der Waals surface area contributed by atoms with Crippen LogP contribution in [0.3, 0.4) is 0 Å². The molecule has 1 heterocycles. The maximum absolute atomic E-state index is 12.4. The first-order valence-corrected chi connectivity index (χ1v) is 8.19. The average molecular weight is 337 g/mol. The van der Waals surface area contributed by atoms with E-state index in [1.54, 1.807) is 48.0 Å². The highest BCUT2D eigenvalue weighted by Gasteiger charge is 2.15. The third-order valence-electron chi connectivity index (χ3n) is 3.35. The topological polar surface area (TPSA) is 71.1 Å². The summed E-state index contributed by atoms with van der Waals surface area (Å²) in [5, 5.41) is 7.81. The number of carbonyl (C=O) groups is 2. The van der Waals surface area contributed by atoms with Crippen molar-refractivity contribution < 1.29 is 9.59 Å². The summed E-state index contributed by atoms with van der Waals surface area (Å²) in [4.78, 5) is 28.8. The van der Waals surface area contributed by atoms with Gasteiger partial charge in [0.25, 0.3) is 11.8 Å². The molecule has 2 aromatic carbocycles. The summed E-state index contributed by atoms with van der Waals surface area (Å²) in [6.07, 6.45) is 1.62. The van der Waals surface area contributed by atoms with Gasteiger partial charge in [-0.2, -0.15) is 0 Å². The van der Waals surface area contributed by atoms with Crippen molar-refractivity contribution in [2.75, 3.05) is 10.6 Å². The molecule has 0 saturated heterocycles. The third-order valence-corrected chi connectivity index (χ3v) is 4.04. The van der Waals surface area contributed by atoms with Crippen LogP contribution < -0.4 is 10.6 Å². The minimum Gasteiger partial charge on any atom is -0.321 e. The number of anilines is 2. The lowest BCUT2D eigenvalue weighted by molar-refractivity contribution is 0.102. The molecule has 0 aliphatic rings. The number of amides is 2. The molecule has 6 heteroatoms. The van der Waals surface area contributed by atoms with Gasteiger partial charge >= 0.3 is 0 Å². The van der Waals surface area contributed by atoms with Crippen molar-refractivity contribution in [2.45, 2.75) is 6.92 Å². The van der Waals surface area contributed by atoms with Crippen LogP contribution in [0.5, 0.6) is 0 Å². The summed E-state index contributed by atoms with van der Waals surface area (Å²) >= 11 is 1.33. The zero-order chi connectivity index (χ0) is 16.9. The normalized spacial score (nSPS) is 10.2. The van der Waals surface area contributed by atoms with Crippen molar-refractivity contribution >= 4 is 34.0 Å². The summed E-state index contributed by atoms with van der Waals surface area (Å²) in [5.74, 6) is -0.571. The fourth-order valence-electron chi connectivity index (χ4n) is 2.22. The highest BCUT2D eigenvalue weighted by molar-refractivity contribution is 7.13. The van der Waals surface area contributed by atoms with Gasteiger partial charge in [0.05, 0.1) is 11.3 Å². The van der Waals surface area contributed by atoms with E-state index in [9.17, 15) is 9.59 Å². The molecule has 0 aliphatic carbocycles. The van der Waals surface area contributed by atoms with E-state index in [-0.39, 0.29) is 11.8 Å². The minimum atomic E-state index is -0.315. The van der Waals surface area contributed by atoms with Gasteiger partial charge < -0.3 is 5.32 Å². The van der Waals surface area contributed by atoms with E-state index >= 15 is 0 Å². The lowest BCUT2D eigenvalue weighted by Gasteiger charge is -2.11. The number of aromatic nitrogens is 1. The first-order chi connectivity index (χ1) is 11.6. The highest BCUT2D eigenvalue weighted by atomic mass is 32.1. The molecule has 0 atom stereocenters. The largest absolute Gasteiger partial charge is 0.321 e. The molecule has 120 valence electrons. The van der Waals surface area contributed by atoms with Gasteiger partial charge in [-0.15, -0.1) is 11.3 Å². The quantitative estimate of drug-likeness (QED) is 0.757. The molecule has 1 aromatic heterocycles. The van der Waals surface area contributed by atoms with Crippen molar-refractivity contribution in [2.24, 2.45) is 0 Å². The molecule has 0 saturated carbocycles. The van der Waals surface area contributed by atoms with Crippen molar-refractivity contribution in [3.05, 3.63) is 76.8 Å². The fraction of sp³-hybridized carbons (Fsp3) is 0.0556. The van der Waals surface area contributed by atoms with Crippen LogP contribution in [0.1, 0.15) is 26.3 Å². The number of rotatable bonds is 4. The van der Waals surface area contributed by atoms with Crippen LogP contribution in [0.2, 0.25) is 0 Å². The Morgan fingerprint density at radius 3 is 2.58 bits per heavy atom. The predicted molar refractivity (Wildman–Crippen MR) is 95.6 cm³/mol. The Morgan fingerprint density at radius 2 is 1.83 bits per heavy atom.